The molecule has 2 heterocycles. The van der Waals surface area contributed by atoms with Crippen LogP contribution in [-0.2, 0) is 9.53 Å². The van der Waals surface area contributed by atoms with Crippen LogP contribution < -0.4 is 5.32 Å². The molecule has 0 spiro atoms. The fourth-order valence-electron chi connectivity index (χ4n) is 2.88. The van der Waals surface area contributed by atoms with E-state index < -0.39 is 5.60 Å². The number of rotatable bonds is 8. The summed E-state index contributed by atoms with van der Waals surface area (Å²) in [6.07, 6.45) is 8.38. The molecule has 0 radical (unpaired) electrons. The van der Waals surface area contributed by atoms with Gasteiger partial charge in [-0.25, -0.2) is 15.0 Å². The second-order valence-electron chi connectivity index (χ2n) is 7.83. The lowest BCUT2D eigenvalue weighted by molar-refractivity contribution is -0.154. The van der Waals surface area contributed by atoms with Gasteiger partial charge in [-0.05, 0) is 51.8 Å². The van der Waals surface area contributed by atoms with Gasteiger partial charge in [0.15, 0.2) is 11.0 Å². The Balaban J connectivity index is 1.52. The molecule has 0 bridgehead atoms. The molecule has 0 aliphatic rings. The van der Waals surface area contributed by atoms with Gasteiger partial charge >= 0.3 is 5.97 Å². The van der Waals surface area contributed by atoms with Gasteiger partial charge in [0, 0.05) is 31.0 Å². The standard InChI is InChI=1S/C21H26ClN5O2/c1-21(2,3)29-18(28)7-5-4-6-10-24-20-19(22)25-16-9-8-15(13-17(16)26-20)27-12-11-23-14-27/h8-9,11-14H,4-7,10H2,1-3H3,(H,24,26). The van der Waals surface area contributed by atoms with E-state index in [2.05, 4.69) is 20.3 Å². The number of carbonyl (C=O) groups excluding carboxylic acids is 1. The van der Waals surface area contributed by atoms with Crippen LogP contribution in [-0.4, -0.2) is 37.6 Å². The first-order valence-electron chi connectivity index (χ1n) is 9.73. The molecule has 3 rings (SSSR count). The summed E-state index contributed by atoms with van der Waals surface area (Å²) in [5.41, 5.74) is 2.02. The minimum Gasteiger partial charge on any atom is -0.460 e. The first-order chi connectivity index (χ1) is 13.8. The number of nitrogens with one attached hydrogen (secondary N) is 1. The number of carbonyl (C=O) groups is 1. The van der Waals surface area contributed by atoms with Crippen molar-refractivity contribution in [3.63, 3.8) is 0 Å². The highest BCUT2D eigenvalue weighted by Crippen LogP contribution is 2.23. The van der Waals surface area contributed by atoms with Crippen molar-refractivity contribution in [1.82, 2.24) is 19.5 Å². The normalized spacial score (nSPS) is 11.6. The fourth-order valence-corrected chi connectivity index (χ4v) is 3.08. The van der Waals surface area contributed by atoms with E-state index in [0.717, 1.165) is 36.0 Å². The minimum absolute atomic E-state index is 0.150. The first kappa shape index (κ1) is 21.0. The van der Waals surface area contributed by atoms with Crippen molar-refractivity contribution in [2.45, 2.75) is 52.1 Å². The van der Waals surface area contributed by atoms with Gasteiger partial charge in [-0.1, -0.05) is 18.0 Å². The molecule has 0 fully saturated rings. The molecule has 0 saturated heterocycles. The number of unbranched alkanes of at least 4 members (excludes halogenated alkanes) is 2. The van der Waals surface area contributed by atoms with Crippen LogP contribution in [0.3, 0.4) is 0 Å². The van der Waals surface area contributed by atoms with E-state index in [1.54, 1.807) is 12.5 Å². The fraction of sp³-hybridized carbons (Fsp3) is 0.429. The van der Waals surface area contributed by atoms with Crippen LogP contribution in [0.25, 0.3) is 16.7 Å². The molecule has 7 nitrogen and oxygen atoms in total. The van der Waals surface area contributed by atoms with Crippen LogP contribution in [0.4, 0.5) is 5.82 Å². The highest BCUT2D eigenvalue weighted by molar-refractivity contribution is 6.32. The topological polar surface area (TPSA) is 81.9 Å². The lowest BCUT2D eigenvalue weighted by atomic mass is 10.1. The Hall–Kier alpha value is -2.67. The number of anilines is 1. The lowest BCUT2D eigenvalue weighted by Crippen LogP contribution is -2.23. The first-order valence-corrected chi connectivity index (χ1v) is 10.1. The zero-order valence-corrected chi connectivity index (χ0v) is 17.7. The third kappa shape index (κ3) is 6.15. The average molecular weight is 416 g/mol. The minimum atomic E-state index is -0.429. The van der Waals surface area contributed by atoms with Crippen molar-refractivity contribution >= 4 is 34.4 Å². The van der Waals surface area contributed by atoms with E-state index in [1.165, 1.54) is 0 Å². The number of nitrogens with zero attached hydrogens (tertiary/aromatic N) is 4. The Morgan fingerprint density at radius 2 is 2.00 bits per heavy atom. The van der Waals surface area contributed by atoms with Gasteiger partial charge in [-0.2, -0.15) is 0 Å². The zero-order valence-electron chi connectivity index (χ0n) is 17.0. The quantitative estimate of drug-likeness (QED) is 0.421. The second-order valence-corrected chi connectivity index (χ2v) is 8.19. The van der Waals surface area contributed by atoms with Gasteiger partial charge < -0.3 is 14.6 Å². The van der Waals surface area contributed by atoms with Crippen LogP contribution in [0.15, 0.2) is 36.9 Å². The molecule has 29 heavy (non-hydrogen) atoms. The Labute approximate surface area is 175 Å². The molecule has 0 aliphatic carbocycles. The van der Waals surface area contributed by atoms with E-state index in [4.69, 9.17) is 16.3 Å². The molecule has 0 unspecified atom stereocenters. The smallest absolute Gasteiger partial charge is 0.306 e. The highest BCUT2D eigenvalue weighted by Gasteiger charge is 2.15. The monoisotopic (exact) mass is 415 g/mol. The molecule has 8 heteroatoms. The number of aromatic nitrogens is 4. The second kappa shape index (κ2) is 9.22. The van der Waals surface area contributed by atoms with Crippen molar-refractivity contribution in [2.75, 3.05) is 11.9 Å². The van der Waals surface area contributed by atoms with Crippen LogP contribution >= 0.6 is 11.6 Å². The van der Waals surface area contributed by atoms with Gasteiger partial charge in [-0.3, -0.25) is 4.79 Å². The maximum absolute atomic E-state index is 11.7. The summed E-state index contributed by atoms with van der Waals surface area (Å²) >= 11 is 6.27. The largest absolute Gasteiger partial charge is 0.460 e. The average Bonchev–Trinajstić information content (AvgIpc) is 3.17. The summed E-state index contributed by atoms with van der Waals surface area (Å²) in [6.45, 7) is 6.33. The molecule has 0 saturated carbocycles. The molecule has 0 atom stereocenters. The van der Waals surface area contributed by atoms with Gasteiger partial charge in [0.2, 0.25) is 0 Å². The van der Waals surface area contributed by atoms with Crippen LogP contribution in [0.1, 0.15) is 46.5 Å². The zero-order chi connectivity index (χ0) is 20.9. The van der Waals surface area contributed by atoms with Crippen molar-refractivity contribution in [1.29, 1.82) is 0 Å². The number of hydrogen-bond donors (Lipinski definition) is 1. The number of fused-ring (bicyclic) bond motifs is 1. The van der Waals surface area contributed by atoms with Crippen molar-refractivity contribution in [3.8, 4) is 5.69 Å². The van der Waals surface area contributed by atoms with Crippen LogP contribution in [0.5, 0.6) is 0 Å². The molecule has 0 amide bonds. The number of esters is 1. The summed E-state index contributed by atoms with van der Waals surface area (Å²) in [4.78, 5) is 24.8. The Morgan fingerprint density at radius 3 is 2.72 bits per heavy atom. The third-order valence-corrected chi connectivity index (χ3v) is 4.44. The summed E-state index contributed by atoms with van der Waals surface area (Å²) in [7, 11) is 0. The SMILES string of the molecule is CC(C)(C)OC(=O)CCCCCNc1nc2cc(-n3ccnc3)ccc2nc1Cl. The van der Waals surface area contributed by atoms with Crippen molar-refractivity contribution in [3.05, 3.63) is 42.1 Å². The van der Waals surface area contributed by atoms with E-state index in [-0.39, 0.29) is 5.97 Å². The highest BCUT2D eigenvalue weighted by atomic mass is 35.5. The molecule has 154 valence electrons. The summed E-state index contributed by atoms with van der Waals surface area (Å²) in [5, 5.41) is 3.59. The molecular weight excluding hydrogens is 390 g/mol. The number of benzene rings is 1. The maximum Gasteiger partial charge on any atom is 0.306 e. The molecule has 1 aromatic carbocycles. The van der Waals surface area contributed by atoms with E-state index in [1.807, 2.05) is 49.7 Å². The van der Waals surface area contributed by atoms with E-state index in [9.17, 15) is 4.79 Å². The van der Waals surface area contributed by atoms with E-state index in [0.29, 0.717) is 23.9 Å². The lowest BCUT2D eigenvalue weighted by Gasteiger charge is -2.19. The number of ether oxygens (including phenoxy) is 1. The van der Waals surface area contributed by atoms with Gasteiger partial charge in [0.05, 0.1) is 17.4 Å². The molecule has 3 aromatic rings. The predicted octanol–water partition coefficient (Wildman–Crippen LogP) is 4.78. The van der Waals surface area contributed by atoms with Gasteiger partial charge in [0.25, 0.3) is 0 Å². The Morgan fingerprint density at radius 1 is 1.17 bits per heavy atom. The van der Waals surface area contributed by atoms with E-state index >= 15 is 0 Å². The molecular formula is C21H26ClN5O2. The van der Waals surface area contributed by atoms with Crippen molar-refractivity contribution < 1.29 is 9.53 Å². The Kier molecular flexibility index (Phi) is 6.69. The Bertz CT molecular complexity index is 967. The number of hydrogen-bond acceptors (Lipinski definition) is 6. The molecule has 0 aliphatic heterocycles. The molecule has 2 aromatic heterocycles. The maximum atomic E-state index is 11.7. The van der Waals surface area contributed by atoms with Crippen LogP contribution in [0, 0.1) is 0 Å². The number of halogens is 1. The summed E-state index contributed by atoms with van der Waals surface area (Å²) in [5.74, 6) is 0.414. The summed E-state index contributed by atoms with van der Waals surface area (Å²) < 4.78 is 7.22. The van der Waals surface area contributed by atoms with Gasteiger partial charge in [-0.15, -0.1) is 0 Å². The van der Waals surface area contributed by atoms with Crippen molar-refractivity contribution in [2.24, 2.45) is 0 Å². The number of imidazole rings is 1. The molecule has 1 N–H and O–H groups in total. The predicted molar refractivity (Wildman–Crippen MR) is 114 cm³/mol. The summed E-state index contributed by atoms with van der Waals surface area (Å²) in [6, 6.07) is 5.79. The van der Waals surface area contributed by atoms with Gasteiger partial charge in [0.1, 0.15) is 5.60 Å². The third-order valence-electron chi connectivity index (χ3n) is 4.18. The van der Waals surface area contributed by atoms with Crippen LogP contribution in [0.2, 0.25) is 5.15 Å².